The van der Waals surface area contributed by atoms with Gasteiger partial charge in [-0.2, -0.15) is 5.10 Å². The molecule has 4 rings (SSSR count). The van der Waals surface area contributed by atoms with Crippen LogP contribution in [0.4, 0.5) is 0 Å². The van der Waals surface area contributed by atoms with E-state index in [-0.39, 0.29) is 0 Å². The second-order valence-corrected chi connectivity index (χ2v) is 6.05. The maximum atomic E-state index is 5.42. The Hall–Kier alpha value is -3.68. The third-order valence-corrected chi connectivity index (χ3v) is 4.48. The van der Waals surface area contributed by atoms with Gasteiger partial charge in [0.05, 0.1) is 45.2 Å². The first-order valence-electron chi connectivity index (χ1n) is 8.56. The molecule has 0 atom stereocenters. The molecule has 0 spiro atoms. The van der Waals surface area contributed by atoms with Gasteiger partial charge in [-0.3, -0.25) is 5.10 Å². The van der Waals surface area contributed by atoms with E-state index in [9.17, 15) is 0 Å². The number of H-pyrrole nitrogens is 2. The summed E-state index contributed by atoms with van der Waals surface area (Å²) in [4.78, 5) is 7.90. The lowest BCUT2D eigenvalue weighted by atomic mass is 10.1. The van der Waals surface area contributed by atoms with Crippen molar-refractivity contribution in [1.82, 2.24) is 20.2 Å². The molecule has 2 N–H and O–H groups in total. The number of hydrogen-bond acceptors (Lipinski definition) is 6. The zero-order valence-electron chi connectivity index (χ0n) is 16.0. The van der Waals surface area contributed by atoms with Crippen LogP contribution in [-0.2, 0) is 0 Å². The fourth-order valence-corrected chi connectivity index (χ4v) is 3.06. The molecule has 0 aliphatic heterocycles. The van der Waals surface area contributed by atoms with Crippen LogP contribution < -0.4 is 18.9 Å². The van der Waals surface area contributed by atoms with E-state index in [4.69, 9.17) is 18.9 Å². The van der Waals surface area contributed by atoms with Crippen molar-refractivity contribution in [2.75, 3.05) is 28.4 Å². The summed E-state index contributed by atoms with van der Waals surface area (Å²) in [5, 5.41) is 7.44. The number of ether oxygens (including phenoxy) is 4. The molecule has 0 bridgehead atoms. The molecule has 0 saturated heterocycles. The Morgan fingerprint density at radius 3 is 2.21 bits per heavy atom. The van der Waals surface area contributed by atoms with Crippen molar-refractivity contribution in [2.45, 2.75) is 0 Å². The molecule has 0 saturated carbocycles. The van der Waals surface area contributed by atoms with Gasteiger partial charge < -0.3 is 23.9 Å². The minimum absolute atomic E-state index is 0.538. The van der Waals surface area contributed by atoms with Crippen molar-refractivity contribution in [3.8, 4) is 45.8 Å². The number of hydrogen-bond donors (Lipinski definition) is 2. The fourth-order valence-electron chi connectivity index (χ4n) is 3.06. The molecular weight excluding hydrogens is 360 g/mol. The predicted octanol–water partition coefficient (Wildman–Crippen LogP) is 3.65. The van der Waals surface area contributed by atoms with Crippen molar-refractivity contribution < 1.29 is 18.9 Å². The normalized spacial score (nSPS) is 10.9. The van der Waals surface area contributed by atoms with Gasteiger partial charge in [0.2, 0.25) is 5.75 Å². The number of nitrogens with zero attached hydrogens (tertiary/aromatic N) is 2. The number of imidazole rings is 1. The molecule has 28 heavy (non-hydrogen) atoms. The number of nitrogens with one attached hydrogen (secondary N) is 2. The lowest BCUT2D eigenvalue weighted by Gasteiger charge is -2.13. The highest BCUT2D eigenvalue weighted by Gasteiger charge is 2.16. The Morgan fingerprint density at radius 1 is 0.821 bits per heavy atom. The number of aromatic amines is 2. The van der Waals surface area contributed by atoms with Gasteiger partial charge in [-0.25, -0.2) is 4.98 Å². The second-order valence-electron chi connectivity index (χ2n) is 6.05. The SMILES string of the molecule is COc1ccc2[nH]c(-c3cc(-c4cc(OC)c(OC)c(OC)c4)n[nH]3)nc2c1. The molecule has 0 fully saturated rings. The van der Waals surface area contributed by atoms with Crippen LogP contribution in [0.15, 0.2) is 36.4 Å². The summed E-state index contributed by atoms with van der Waals surface area (Å²) in [6, 6.07) is 11.3. The van der Waals surface area contributed by atoms with E-state index in [2.05, 4.69) is 20.2 Å². The summed E-state index contributed by atoms with van der Waals surface area (Å²) < 4.78 is 21.5. The first-order valence-corrected chi connectivity index (χ1v) is 8.56. The number of aromatic nitrogens is 4. The van der Waals surface area contributed by atoms with Crippen molar-refractivity contribution >= 4 is 11.0 Å². The molecule has 2 aromatic heterocycles. The van der Waals surface area contributed by atoms with E-state index in [1.54, 1.807) is 28.4 Å². The highest BCUT2D eigenvalue weighted by atomic mass is 16.5. The van der Waals surface area contributed by atoms with E-state index in [0.717, 1.165) is 33.7 Å². The molecule has 0 unspecified atom stereocenters. The zero-order chi connectivity index (χ0) is 19.7. The van der Waals surface area contributed by atoms with Crippen LogP contribution >= 0.6 is 0 Å². The Bertz CT molecular complexity index is 1110. The van der Waals surface area contributed by atoms with E-state index in [1.165, 1.54) is 0 Å². The van der Waals surface area contributed by atoms with Gasteiger partial charge in [0.1, 0.15) is 11.4 Å². The van der Waals surface area contributed by atoms with Crippen LogP contribution in [0.2, 0.25) is 0 Å². The van der Waals surface area contributed by atoms with E-state index in [1.807, 2.05) is 36.4 Å². The van der Waals surface area contributed by atoms with Crippen LogP contribution in [0.3, 0.4) is 0 Å². The Balaban J connectivity index is 1.73. The van der Waals surface area contributed by atoms with Gasteiger partial charge in [0.15, 0.2) is 17.3 Å². The summed E-state index contributed by atoms with van der Waals surface area (Å²) in [6.45, 7) is 0. The molecule has 8 heteroatoms. The number of rotatable bonds is 6. The van der Waals surface area contributed by atoms with E-state index in [0.29, 0.717) is 23.1 Å². The maximum Gasteiger partial charge on any atom is 0.203 e. The van der Waals surface area contributed by atoms with Crippen molar-refractivity contribution in [2.24, 2.45) is 0 Å². The highest BCUT2D eigenvalue weighted by molar-refractivity contribution is 5.81. The molecule has 0 radical (unpaired) electrons. The van der Waals surface area contributed by atoms with Crippen LogP contribution in [-0.4, -0.2) is 48.6 Å². The molecule has 8 nitrogen and oxygen atoms in total. The number of fused-ring (bicyclic) bond motifs is 1. The average Bonchev–Trinajstić information content (AvgIpc) is 3.38. The van der Waals surface area contributed by atoms with Crippen LogP contribution in [0.25, 0.3) is 33.8 Å². The molecule has 0 aliphatic rings. The number of methoxy groups -OCH3 is 4. The highest BCUT2D eigenvalue weighted by Crippen LogP contribution is 2.41. The van der Waals surface area contributed by atoms with E-state index >= 15 is 0 Å². The van der Waals surface area contributed by atoms with Crippen molar-refractivity contribution in [1.29, 1.82) is 0 Å². The largest absolute Gasteiger partial charge is 0.497 e. The Kier molecular flexibility index (Phi) is 4.52. The van der Waals surface area contributed by atoms with Gasteiger partial charge in [0.25, 0.3) is 0 Å². The van der Waals surface area contributed by atoms with Crippen molar-refractivity contribution in [3.05, 3.63) is 36.4 Å². The van der Waals surface area contributed by atoms with Crippen LogP contribution in [0.5, 0.6) is 23.0 Å². The lowest BCUT2D eigenvalue weighted by molar-refractivity contribution is 0.324. The van der Waals surface area contributed by atoms with Crippen molar-refractivity contribution in [3.63, 3.8) is 0 Å². The summed E-state index contributed by atoms with van der Waals surface area (Å²) >= 11 is 0. The van der Waals surface area contributed by atoms with Gasteiger partial charge >= 0.3 is 0 Å². The molecule has 0 amide bonds. The summed E-state index contributed by atoms with van der Waals surface area (Å²) in [7, 11) is 6.37. The second kappa shape index (κ2) is 7.15. The molecular formula is C20H20N4O4. The molecule has 4 aromatic rings. The molecule has 0 aliphatic carbocycles. The predicted molar refractivity (Wildman–Crippen MR) is 105 cm³/mol. The quantitative estimate of drug-likeness (QED) is 0.530. The monoisotopic (exact) mass is 380 g/mol. The van der Waals surface area contributed by atoms with E-state index < -0.39 is 0 Å². The van der Waals surface area contributed by atoms with Gasteiger partial charge in [-0.15, -0.1) is 0 Å². The van der Waals surface area contributed by atoms with Gasteiger partial charge in [0, 0.05) is 11.6 Å². The summed E-state index contributed by atoms with van der Waals surface area (Å²) in [6.07, 6.45) is 0. The Morgan fingerprint density at radius 2 is 1.57 bits per heavy atom. The minimum atomic E-state index is 0.538. The minimum Gasteiger partial charge on any atom is -0.497 e. The van der Waals surface area contributed by atoms with Gasteiger partial charge in [-0.1, -0.05) is 0 Å². The third-order valence-electron chi connectivity index (χ3n) is 4.48. The standard InChI is InChI=1S/C20H20N4O4/c1-25-12-5-6-13-15(9-12)22-20(21-13)16-10-14(23-24-16)11-7-17(26-2)19(28-4)18(8-11)27-3/h5-10H,1-4H3,(H,21,22)(H,23,24). The summed E-state index contributed by atoms with van der Waals surface area (Å²) in [5.74, 6) is 3.12. The summed E-state index contributed by atoms with van der Waals surface area (Å²) in [5.41, 5.74) is 4.05. The van der Waals surface area contributed by atoms with Crippen LogP contribution in [0, 0.1) is 0 Å². The topological polar surface area (TPSA) is 94.3 Å². The Labute approximate surface area is 161 Å². The smallest absolute Gasteiger partial charge is 0.203 e. The van der Waals surface area contributed by atoms with Crippen LogP contribution in [0.1, 0.15) is 0 Å². The zero-order valence-corrected chi connectivity index (χ0v) is 16.0. The first-order chi connectivity index (χ1) is 13.7. The molecule has 2 heterocycles. The van der Waals surface area contributed by atoms with Gasteiger partial charge in [-0.05, 0) is 30.3 Å². The third kappa shape index (κ3) is 2.98. The average molecular weight is 380 g/mol. The lowest BCUT2D eigenvalue weighted by Crippen LogP contribution is -1.95. The number of benzene rings is 2. The fraction of sp³-hybridized carbons (Fsp3) is 0.200. The first kappa shape index (κ1) is 17.7. The molecule has 144 valence electrons. The maximum absolute atomic E-state index is 5.42. The molecule has 2 aromatic carbocycles.